The van der Waals surface area contributed by atoms with Gasteiger partial charge in [0.2, 0.25) is 0 Å². The summed E-state index contributed by atoms with van der Waals surface area (Å²) in [5, 5.41) is 5.04. The minimum Gasteiger partial charge on any atom is -0.493 e. The van der Waals surface area contributed by atoms with E-state index in [0.717, 1.165) is 19.0 Å². The molecular formula is C26H22Br3N3O3. The van der Waals surface area contributed by atoms with Crippen molar-refractivity contribution in [1.29, 1.82) is 0 Å². The van der Waals surface area contributed by atoms with E-state index in [1.807, 2.05) is 62.4 Å². The fourth-order valence-corrected chi connectivity index (χ4v) is 5.03. The molecule has 0 unspecified atom stereocenters. The first-order chi connectivity index (χ1) is 16.8. The molecule has 9 heteroatoms. The molecule has 0 aliphatic heterocycles. The summed E-state index contributed by atoms with van der Waals surface area (Å²) in [6.45, 7) is 4.28. The maximum atomic E-state index is 13.3. The fraction of sp³-hybridized carbons (Fsp3) is 0.192. The van der Waals surface area contributed by atoms with Crippen molar-refractivity contribution in [3.05, 3.63) is 95.3 Å². The van der Waals surface area contributed by atoms with Gasteiger partial charge in [-0.1, -0.05) is 73.8 Å². The van der Waals surface area contributed by atoms with Crippen LogP contribution in [0.25, 0.3) is 10.9 Å². The van der Waals surface area contributed by atoms with Crippen LogP contribution >= 0.6 is 47.8 Å². The Morgan fingerprint density at radius 3 is 2.51 bits per heavy atom. The highest BCUT2D eigenvalue weighted by Crippen LogP contribution is 2.32. The van der Waals surface area contributed by atoms with E-state index in [9.17, 15) is 4.79 Å². The highest BCUT2D eigenvalue weighted by Gasteiger charge is 2.15. The SMILES string of the molecule is COc1cccc(C=Nn2c(C(C)C)nc3ccc(Br)cc3c2=O)c1OCc1ccc(Br)cc1Br. The van der Waals surface area contributed by atoms with Gasteiger partial charge < -0.3 is 9.47 Å². The van der Waals surface area contributed by atoms with Crippen molar-refractivity contribution >= 4 is 64.9 Å². The number of ether oxygens (including phenoxy) is 2. The van der Waals surface area contributed by atoms with Crippen LogP contribution in [-0.2, 0) is 6.61 Å². The monoisotopic (exact) mass is 661 g/mol. The summed E-state index contributed by atoms with van der Waals surface area (Å²) in [4.78, 5) is 18.0. The van der Waals surface area contributed by atoms with Crippen LogP contribution in [0.5, 0.6) is 11.5 Å². The predicted octanol–water partition coefficient (Wildman–Crippen LogP) is 7.28. The third-order valence-electron chi connectivity index (χ3n) is 5.28. The zero-order valence-electron chi connectivity index (χ0n) is 19.3. The third-order valence-corrected chi connectivity index (χ3v) is 7.00. The minimum absolute atomic E-state index is 0.0105. The number of nitrogens with zero attached hydrogens (tertiary/aromatic N) is 3. The number of halogens is 3. The van der Waals surface area contributed by atoms with Gasteiger partial charge in [-0.3, -0.25) is 4.79 Å². The molecule has 3 aromatic carbocycles. The second-order valence-electron chi connectivity index (χ2n) is 8.05. The van der Waals surface area contributed by atoms with Gasteiger partial charge in [0.05, 0.1) is 24.2 Å². The Hall–Kier alpha value is -2.49. The third kappa shape index (κ3) is 5.68. The van der Waals surface area contributed by atoms with E-state index in [1.165, 1.54) is 4.68 Å². The fourth-order valence-electron chi connectivity index (χ4n) is 3.51. The molecule has 0 saturated carbocycles. The summed E-state index contributed by atoms with van der Waals surface area (Å²) in [7, 11) is 1.59. The Bertz CT molecular complexity index is 1480. The first-order valence-corrected chi connectivity index (χ1v) is 13.2. The van der Waals surface area contributed by atoms with Crippen LogP contribution in [0, 0.1) is 0 Å². The van der Waals surface area contributed by atoms with Gasteiger partial charge in [-0.2, -0.15) is 9.78 Å². The van der Waals surface area contributed by atoms with Crippen molar-refractivity contribution < 1.29 is 9.47 Å². The molecule has 0 atom stereocenters. The van der Waals surface area contributed by atoms with Crippen LogP contribution in [-0.4, -0.2) is 23.0 Å². The molecule has 6 nitrogen and oxygen atoms in total. The number of fused-ring (bicyclic) bond motifs is 1. The summed E-state index contributed by atoms with van der Waals surface area (Å²) in [5.74, 6) is 1.66. The van der Waals surface area contributed by atoms with E-state index < -0.39 is 0 Å². The molecular weight excluding hydrogens is 642 g/mol. The second-order valence-corrected chi connectivity index (χ2v) is 10.7. The Labute approximate surface area is 228 Å². The van der Waals surface area contributed by atoms with Crippen molar-refractivity contribution in [3.8, 4) is 11.5 Å². The highest BCUT2D eigenvalue weighted by atomic mass is 79.9. The smallest absolute Gasteiger partial charge is 0.282 e. The van der Waals surface area contributed by atoms with Gasteiger partial charge in [0.15, 0.2) is 11.5 Å². The molecule has 4 aromatic rings. The van der Waals surface area contributed by atoms with Gasteiger partial charge in [-0.05, 0) is 42.5 Å². The van der Waals surface area contributed by atoms with E-state index in [-0.39, 0.29) is 11.5 Å². The lowest BCUT2D eigenvalue weighted by molar-refractivity contribution is 0.283. The first-order valence-electron chi connectivity index (χ1n) is 10.8. The number of hydrogen-bond acceptors (Lipinski definition) is 5. The van der Waals surface area contributed by atoms with Crippen LogP contribution in [0.2, 0.25) is 0 Å². The Morgan fingerprint density at radius 2 is 1.80 bits per heavy atom. The maximum Gasteiger partial charge on any atom is 0.282 e. The summed E-state index contributed by atoms with van der Waals surface area (Å²) in [6.07, 6.45) is 1.60. The molecule has 0 aliphatic carbocycles. The van der Waals surface area contributed by atoms with Gasteiger partial charge in [-0.25, -0.2) is 4.98 Å². The molecule has 0 amide bonds. The van der Waals surface area contributed by atoms with Crippen LogP contribution in [0.15, 0.2) is 77.9 Å². The summed E-state index contributed by atoms with van der Waals surface area (Å²) >= 11 is 10.5. The Balaban J connectivity index is 1.76. The Morgan fingerprint density at radius 1 is 1.06 bits per heavy atom. The normalized spacial score (nSPS) is 11.5. The molecule has 0 aliphatic rings. The van der Waals surface area contributed by atoms with Gasteiger partial charge in [0.1, 0.15) is 12.4 Å². The van der Waals surface area contributed by atoms with Crippen molar-refractivity contribution in [1.82, 2.24) is 9.66 Å². The van der Waals surface area contributed by atoms with Crippen LogP contribution in [0.1, 0.15) is 36.7 Å². The maximum absolute atomic E-state index is 13.3. The number of para-hydroxylation sites is 1. The van der Waals surface area contributed by atoms with Crippen molar-refractivity contribution in [2.45, 2.75) is 26.4 Å². The Kier molecular flexibility index (Phi) is 8.09. The lowest BCUT2D eigenvalue weighted by atomic mass is 10.2. The first kappa shape index (κ1) is 25.6. The average Bonchev–Trinajstić information content (AvgIpc) is 2.83. The van der Waals surface area contributed by atoms with E-state index in [0.29, 0.717) is 40.4 Å². The lowest BCUT2D eigenvalue weighted by Gasteiger charge is -2.15. The summed E-state index contributed by atoms with van der Waals surface area (Å²) in [5.41, 5.74) is 2.05. The lowest BCUT2D eigenvalue weighted by Crippen LogP contribution is -2.23. The molecule has 0 N–H and O–H groups in total. The molecule has 180 valence electrons. The largest absolute Gasteiger partial charge is 0.493 e. The number of rotatable bonds is 7. The van der Waals surface area contributed by atoms with Crippen molar-refractivity contribution in [2.75, 3.05) is 7.11 Å². The second kappa shape index (κ2) is 11.1. The van der Waals surface area contributed by atoms with Crippen molar-refractivity contribution in [3.63, 3.8) is 0 Å². The van der Waals surface area contributed by atoms with E-state index in [2.05, 4.69) is 52.9 Å². The van der Waals surface area contributed by atoms with E-state index >= 15 is 0 Å². The highest BCUT2D eigenvalue weighted by molar-refractivity contribution is 9.11. The molecule has 0 spiro atoms. The van der Waals surface area contributed by atoms with E-state index in [1.54, 1.807) is 19.4 Å². The van der Waals surface area contributed by atoms with Crippen molar-refractivity contribution in [2.24, 2.45) is 5.10 Å². The van der Waals surface area contributed by atoms with E-state index in [4.69, 9.17) is 14.5 Å². The molecule has 1 aromatic heterocycles. The number of methoxy groups -OCH3 is 1. The summed E-state index contributed by atoms with van der Waals surface area (Å²) < 4.78 is 15.8. The molecule has 0 fully saturated rings. The molecule has 0 bridgehead atoms. The number of hydrogen-bond donors (Lipinski definition) is 0. The standard InChI is InChI=1S/C26H22Br3N3O3/c1-15(2)25-31-22-10-9-18(27)11-20(22)26(33)32(25)30-13-16-5-4-6-23(34-3)24(16)35-14-17-7-8-19(28)12-21(17)29/h4-13,15H,14H2,1-3H3. The average molecular weight is 664 g/mol. The van der Waals surface area contributed by atoms with Crippen LogP contribution in [0.4, 0.5) is 0 Å². The van der Waals surface area contributed by atoms with Crippen LogP contribution in [0.3, 0.4) is 0 Å². The molecule has 0 saturated heterocycles. The van der Waals surface area contributed by atoms with Gasteiger partial charge in [0, 0.05) is 30.5 Å². The zero-order valence-corrected chi connectivity index (χ0v) is 24.0. The minimum atomic E-state index is -0.236. The molecule has 35 heavy (non-hydrogen) atoms. The van der Waals surface area contributed by atoms with Gasteiger partial charge >= 0.3 is 0 Å². The number of benzene rings is 3. The molecule has 4 rings (SSSR count). The number of aromatic nitrogens is 2. The van der Waals surface area contributed by atoms with Gasteiger partial charge in [-0.15, -0.1) is 0 Å². The molecule has 1 heterocycles. The summed E-state index contributed by atoms with van der Waals surface area (Å²) in [6, 6.07) is 16.9. The van der Waals surface area contributed by atoms with Gasteiger partial charge in [0.25, 0.3) is 5.56 Å². The topological polar surface area (TPSA) is 65.7 Å². The quantitative estimate of drug-likeness (QED) is 0.195. The molecule has 0 radical (unpaired) electrons. The van der Waals surface area contributed by atoms with Crippen LogP contribution < -0.4 is 15.0 Å². The zero-order chi connectivity index (χ0) is 25.1. The predicted molar refractivity (Wildman–Crippen MR) is 150 cm³/mol.